The summed E-state index contributed by atoms with van der Waals surface area (Å²) in [4.78, 5) is 124. The number of hydrogen-bond acceptors (Lipinski definition) is 16. The quantitative estimate of drug-likeness (QED) is 0.0117. The highest BCUT2D eigenvalue weighted by Crippen LogP contribution is 2.24. The third-order valence-corrected chi connectivity index (χ3v) is 12.0. The second-order valence-electron chi connectivity index (χ2n) is 16.2. The molecule has 28 heteroatoms. The fraction of sp³-hybridized carbons (Fsp3) is 0.725. The molecular weight excluding hydrogens is 917 g/mol. The molecular formula is C40H73N14O13S+. The third-order valence-electron chi connectivity index (χ3n) is 10.6. The molecule has 1 aliphatic heterocycles. The third kappa shape index (κ3) is 25.9. The standard InChI is InChI=1S/C40H72N14O13S/c1-23(48-17-25(8-3-5-13-45-20-55)50-35(62)27(41)9-4-6-14-46-21-56)34(61)54-33(24(2)67-22-57)37(64)51-26(16-31(42)58)18-49-28(11-12-32(59)60)38-53-30(19-68-38)36(63)52-29(39(65)66)10-7-15-47-40(43)44/h20-30,33,38,48-49,53H,3-19,41H2,1-2H3,(H2,42,58)(H,45,55)(H,46,56)(H,50,62)(H,51,64)(H,52,63)(H,54,61)(H,59,60)(H,65,66)(H4,43,44,47)/p+1. The zero-order valence-corrected chi connectivity index (χ0v) is 39.4. The highest BCUT2D eigenvalue weighted by atomic mass is 32.2. The summed E-state index contributed by atoms with van der Waals surface area (Å²) in [6.07, 6.45) is 2.90. The van der Waals surface area contributed by atoms with Crippen molar-refractivity contribution in [1.29, 1.82) is 0 Å². The molecule has 0 bridgehead atoms. The molecule has 1 fully saturated rings. The summed E-state index contributed by atoms with van der Waals surface area (Å²) in [7, 11) is 0. The van der Waals surface area contributed by atoms with Crippen LogP contribution in [0.5, 0.6) is 0 Å². The van der Waals surface area contributed by atoms with Gasteiger partial charge in [0.25, 0.3) is 6.47 Å². The summed E-state index contributed by atoms with van der Waals surface area (Å²) < 4.78 is 5.04. The first-order valence-electron chi connectivity index (χ1n) is 22.4. The number of thioether (sulfide) groups is 1. The maximum absolute atomic E-state index is 13.8. The summed E-state index contributed by atoms with van der Waals surface area (Å²) >= 11 is 1.27. The number of carboxylic acid groups (broad SMARTS) is 2. The molecule has 0 radical (unpaired) electrons. The van der Waals surface area contributed by atoms with Gasteiger partial charge >= 0.3 is 17.9 Å². The predicted molar refractivity (Wildman–Crippen MR) is 247 cm³/mol. The van der Waals surface area contributed by atoms with Gasteiger partial charge in [0.15, 0.2) is 0 Å². The minimum Gasteiger partial charge on any atom is -0.481 e. The van der Waals surface area contributed by atoms with E-state index in [1.54, 1.807) is 0 Å². The van der Waals surface area contributed by atoms with Gasteiger partial charge < -0.3 is 69.0 Å². The summed E-state index contributed by atoms with van der Waals surface area (Å²) in [5.41, 5.74) is 22.4. The van der Waals surface area contributed by atoms with Crippen LogP contribution in [-0.4, -0.2) is 175 Å². The van der Waals surface area contributed by atoms with Crippen LogP contribution in [0, 0.1) is 0 Å². The Morgan fingerprint density at radius 3 is 2.00 bits per heavy atom. The molecule has 1 rings (SSSR count). The fourth-order valence-electron chi connectivity index (χ4n) is 6.83. The summed E-state index contributed by atoms with van der Waals surface area (Å²) in [6.45, 7) is 4.03. The SMILES string of the molecule is CC(NCC(CCCCNC=O)NC(=O)C(N)CCCCNC=O)C(=O)NC(C(=O)NC(CNC(CCC(=O)O)C1NC(C(=O)NC(CCC[NH+]=C(N)N)C(=O)O)CS1)CC(N)=O)C(C)OC=O. The zero-order valence-electron chi connectivity index (χ0n) is 38.6. The van der Waals surface area contributed by atoms with E-state index in [4.69, 9.17) is 27.7 Å². The van der Waals surface area contributed by atoms with Gasteiger partial charge in [-0.05, 0) is 71.6 Å². The van der Waals surface area contributed by atoms with Crippen LogP contribution < -0.4 is 75.8 Å². The largest absolute Gasteiger partial charge is 0.481 e. The van der Waals surface area contributed by atoms with Crippen LogP contribution in [0.2, 0.25) is 0 Å². The van der Waals surface area contributed by atoms with Crippen LogP contribution in [0.4, 0.5) is 0 Å². The Hall–Kier alpha value is -5.84. The molecule has 0 aliphatic carbocycles. The number of carbonyl (C=O) groups excluding carboxylic acids is 8. The zero-order chi connectivity index (χ0) is 51.0. The summed E-state index contributed by atoms with van der Waals surface area (Å²) in [5.74, 6) is -5.58. The number of nitrogens with one attached hydrogen (secondary N) is 10. The van der Waals surface area contributed by atoms with Crippen molar-refractivity contribution in [3.05, 3.63) is 0 Å². The number of guanidine groups is 1. The number of nitrogens with two attached hydrogens (primary N) is 4. The minimum atomic E-state index is -1.50. The molecule has 68 heavy (non-hydrogen) atoms. The molecule has 0 aromatic heterocycles. The smallest absolute Gasteiger partial charge is 0.338 e. The fourth-order valence-corrected chi connectivity index (χ4v) is 8.20. The van der Waals surface area contributed by atoms with E-state index in [1.165, 1.54) is 25.6 Å². The molecule has 10 atom stereocenters. The molecule has 7 amide bonds. The number of primary amides is 1. The number of amides is 7. The van der Waals surface area contributed by atoms with Crippen molar-refractivity contribution in [2.24, 2.45) is 22.9 Å². The lowest BCUT2D eigenvalue weighted by Crippen LogP contribution is -2.78. The van der Waals surface area contributed by atoms with Gasteiger partial charge in [-0.3, -0.25) is 64.9 Å². The van der Waals surface area contributed by atoms with Crippen molar-refractivity contribution in [3.63, 3.8) is 0 Å². The van der Waals surface area contributed by atoms with Crippen molar-refractivity contribution in [1.82, 2.24) is 47.9 Å². The second kappa shape index (κ2) is 34.4. The Morgan fingerprint density at radius 1 is 0.779 bits per heavy atom. The number of carbonyl (C=O) groups is 10. The number of unbranched alkanes of at least 4 members (excludes halogenated alkanes) is 2. The van der Waals surface area contributed by atoms with Crippen LogP contribution in [0.15, 0.2) is 0 Å². The molecule has 10 unspecified atom stereocenters. The Kier molecular flexibility index (Phi) is 30.5. The van der Waals surface area contributed by atoms with Crippen molar-refractivity contribution >= 4 is 78.5 Å². The van der Waals surface area contributed by atoms with Gasteiger partial charge in [0.05, 0.1) is 36.1 Å². The van der Waals surface area contributed by atoms with E-state index in [-0.39, 0.29) is 57.1 Å². The first-order chi connectivity index (χ1) is 32.3. The first-order valence-corrected chi connectivity index (χ1v) is 23.5. The topological polar surface area (TPSA) is 447 Å². The minimum absolute atomic E-state index is 0.0292. The summed E-state index contributed by atoms with van der Waals surface area (Å²) in [5, 5.41) is 43.6. The molecule has 1 saturated heterocycles. The molecule has 1 heterocycles. The van der Waals surface area contributed by atoms with E-state index in [0.29, 0.717) is 70.9 Å². The maximum atomic E-state index is 13.8. The van der Waals surface area contributed by atoms with Gasteiger partial charge in [0, 0.05) is 56.9 Å². The average Bonchev–Trinajstić information content (AvgIpc) is 3.77. The number of ether oxygens (including phenoxy) is 1. The van der Waals surface area contributed by atoms with Gasteiger partial charge in [0.1, 0.15) is 18.2 Å². The van der Waals surface area contributed by atoms with Crippen molar-refractivity contribution in [3.8, 4) is 0 Å². The Labute approximate surface area is 399 Å². The van der Waals surface area contributed by atoms with Crippen LogP contribution in [-0.2, 0) is 52.7 Å². The van der Waals surface area contributed by atoms with Crippen molar-refractivity contribution < 1.29 is 67.9 Å². The van der Waals surface area contributed by atoms with Crippen LogP contribution in [0.3, 0.4) is 0 Å². The van der Waals surface area contributed by atoms with Crippen molar-refractivity contribution in [2.75, 3.05) is 38.5 Å². The van der Waals surface area contributed by atoms with Crippen LogP contribution >= 0.6 is 11.8 Å². The predicted octanol–water partition coefficient (Wildman–Crippen LogP) is -7.43. The van der Waals surface area contributed by atoms with Crippen LogP contribution in [0.1, 0.15) is 84.5 Å². The molecule has 0 aromatic rings. The monoisotopic (exact) mass is 990 g/mol. The Morgan fingerprint density at radius 2 is 1.41 bits per heavy atom. The molecule has 20 N–H and O–H groups in total. The van der Waals surface area contributed by atoms with Gasteiger partial charge in [-0.1, -0.05) is 0 Å². The molecule has 0 spiro atoms. The average molecular weight is 990 g/mol. The Bertz CT molecular complexity index is 1660. The second-order valence-corrected chi connectivity index (χ2v) is 17.4. The van der Waals surface area contributed by atoms with E-state index in [1.807, 2.05) is 0 Å². The lowest BCUT2D eigenvalue weighted by Gasteiger charge is -2.30. The van der Waals surface area contributed by atoms with Gasteiger partial charge in [-0.15, -0.1) is 11.8 Å². The van der Waals surface area contributed by atoms with E-state index in [0.717, 1.165) is 0 Å². The lowest BCUT2D eigenvalue weighted by molar-refractivity contribution is -0.459. The molecule has 1 aliphatic rings. The lowest BCUT2D eigenvalue weighted by atomic mass is 10.1. The van der Waals surface area contributed by atoms with E-state index in [2.05, 4.69) is 52.8 Å². The molecule has 27 nitrogen and oxygen atoms in total. The van der Waals surface area contributed by atoms with Crippen LogP contribution in [0.25, 0.3) is 0 Å². The number of aliphatic carboxylic acids is 2. The number of rotatable bonds is 40. The highest BCUT2D eigenvalue weighted by molar-refractivity contribution is 8.00. The van der Waals surface area contributed by atoms with E-state index >= 15 is 0 Å². The normalized spacial score (nSPS) is 17.8. The van der Waals surface area contributed by atoms with Gasteiger partial charge in [-0.2, -0.15) is 0 Å². The molecule has 386 valence electrons. The van der Waals surface area contributed by atoms with E-state index in [9.17, 15) is 58.2 Å². The number of hydrogen-bond donors (Lipinski definition) is 16. The highest BCUT2D eigenvalue weighted by Gasteiger charge is 2.37. The first kappa shape index (κ1) is 60.2. The van der Waals surface area contributed by atoms with Gasteiger partial charge in [0.2, 0.25) is 42.4 Å². The number of carboxylic acids is 2. The molecule has 0 aromatic carbocycles. The van der Waals surface area contributed by atoms with Gasteiger partial charge in [-0.25, -0.2) is 4.79 Å². The summed E-state index contributed by atoms with van der Waals surface area (Å²) in [6, 6.07) is -7.58. The maximum Gasteiger partial charge on any atom is 0.338 e. The van der Waals surface area contributed by atoms with Crippen molar-refractivity contribution in [2.45, 2.75) is 144 Å². The Balaban J connectivity index is 3.09. The molecule has 0 saturated carbocycles. The van der Waals surface area contributed by atoms with E-state index < -0.39 is 108 Å².